The van der Waals surface area contributed by atoms with Gasteiger partial charge in [0.15, 0.2) is 0 Å². The topological polar surface area (TPSA) is 52.8 Å². The Balaban J connectivity index is 2.64. The Morgan fingerprint density at radius 3 is 2.67 bits per heavy atom. The van der Waals surface area contributed by atoms with Crippen LogP contribution in [-0.4, -0.2) is 22.1 Å². The predicted molar refractivity (Wildman–Crippen MR) is 58.4 cm³/mol. The number of fused-ring (bicyclic) bond motifs is 1. The molecule has 15 heavy (non-hydrogen) atoms. The van der Waals surface area contributed by atoms with Crippen molar-refractivity contribution in [1.29, 1.82) is 0 Å². The monoisotopic (exact) mass is 205 g/mol. The zero-order valence-electron chi connectivity index (χ0n) is 8.94. The second kappa shape index (κ2) is 3.35. The van der Waals surface area contributed by atoms with Gasteiger partial charge in [0.05, 0.1) is 0 Å². The highest BCUT2D eigenvalue weighted by Gasteiger charge is 2.36. The van der Waals surface area contributed by atoms with E-state index in [0.29, 0.717) is 12.1 Å². The summed E-state index contributed by atoms with van der Waals surface area (Å²) in [7, 11) is 0. The number of aliphatic hydroxyl groups excluding tert-OH is 1. The summed E-state index contributed by atoms with van der Waals surface area (Å²) in [6.45, 7) is 4.17. The fraction of sp³-hybridized carbons (Fsp3) is 0.417. The molecule has 1 aliphatic carbocycles. The van der Waals surface area contributed by atoms with Gasteiger partial charge in [-0.15, -0.1) is 0 Å². The second-order valence-corrected chi connectivity index (χ2v) is 4.63. The molecular weight excluding hydrogens is 190 g/mol. The number of nitrogens with zero attached hydrogens (tertiary/aromatic N) is 1. The highest BCUT2D eigenvalue weighted by molar-refractivity contribution is 6.05. The van der Waals surface area contributed by atoms with Crippen molar-refractivity contribution in [3.05, 3.63) is 35.4 Å². The van der Waals surface area contributed by atoms with Crippen LogP contribution in [0.15, 0.2) is 29.4 Å². The first-order chi connectivity index (χ1) is 7.06. The van der Waals surface area contributed by atoms with Gasteiger partial charge in [-0.1, -0.05) is 43.3 Å². The molecule has 0 heterocycles. The Bertz CT molecular complexity index is 410. The summed E-state index contributed by atoms with van der Waals surface area (Å²) < 4.78 is 0. The SMILES string of the molecule is CC1(C)CC(O)/C(=N\O)c2ccccc21. The average Bonchev–Trinajstić information content (AvgIpc) is 2.17. The zero-order valence-corrected chi connectivity index (χ0v) is 8.94. The Morgan fingerprint density at radius 1 is 1.33 bits per heavy atom. The lowest BCUT2D eigenvalue weighted by atomic mass is 9.71. The maximum absolute atomic E-state index is 9.86. The smallest absolute Gasteiger partial charge is 0.116 e. The molecule has 1 atom stereocenters. The first-order valence-corrected chi connectivity index (χ1v) is 5.06. The molecule has 0 aromatic heterocycles. The van der Waals surface area contributed by atoms with Gasteiger partial charge < -0.3 is 10.3 Å². The van der Waals surface area contributed by atoms with Gasteiger partial charge in [0.1, 0.15) is 11.8 Å². The average molecular weight is 205 g/mol. The highest BCUT2D eigenvalue weighted by atomic mass is 16.4. The molecule has 0 saturated heterocycles. The zero-order chi connectivity index (χ0) is 11.1. The van der Waals surface area contributed by atoms with Crippen molar-refractivity contribution in [2.45, 2.75) is 31.8 Å². The third-order valence-electron chi connectivity index (χ3n) is 3.06. The van der Waals surface area contributed by atoms with Crippen molar-refractivity contribution < 1.29 is 10.3 Å². The van der Waals surface area contributed by atoms with Crippen LogP contribution in [0.1, 0.15) is 31.4 Å². The molecule has 3 heteroatoms. The Labute approximate surface area is 89.1 Å². The minimum atomic E-state index is -0.681. The molecule has 1 aliphatic rings. The third kappa shape index (κ3) is 1.53. The molecule has 0 amide bonds. The third-order valence-corrected chi connectivity index (χ3v) is 3.06. The molecular formula is C12H15NO2. The molecule has 2 N–H and O–H groups in total. The number of hydrogen-bond acceptors (Lipinski definition) is 3. The maximum Gasteiger partial charge on any atom is 0.116 e. The minimum Gasteiger partial charge on any atom is -0.411 e. The molecule has 0 radical (unpaired) electrons. The first-order valence-electron chi connectivity index (χ1n) is 5.06. The van der Waals surface area contributed by atoms with E-state index in [1.807, 2.05) is 24.3 Å². The molecule has 2 rings (SSSR count). The molecule has 0 spiro atoms. The van der Waals surface area contributed by atoms with Crippen LogP contribution in [0.3, 0.4) is 0 Å². The number of oxime groups is 1. The van der Waals surface area contributed by atoms with Crippen LogP contribution in [0.5, 0.6) is 0 Å². The van der Waals surface area contributed by atoms with Crippen LogP contribution in [-0.2, 0) is 5.41 Å². The molecule has 0 aliphatic heterocycles. The largest absolute Gasteiger partial charge is 0.411 e. The molecule has 0 saturated carbocycles. The van der Waals surface area contributed by atoms with E-state index in [1.54, 1.807) is 0 Å². The minimum absolute atomic E-state index is 0.0792. The fourth-order valence-corrected chi connectivity index (χ4v) is 2.29. The van der Waals surface area contributed by atoms with Crippen molar-refractivity contribution >= 4 is 5.71 Å². The second-order valence-electron chi connectivity index (χ2n) is 4.63. The van der Waals surface area contributed by atoms with Crippen molar-refractivity contribution in [3.63, 3.8) is 0 Å². The van der Waals surface area contributed by atoms with E-state index in [4.69, 9.17) is 5.21 Å². The standard InChI is InChI=1S/C12H15NO2/c1-12(2)7-10(14)11(13-15)8-5-3-4-6-9(8)12/h3-6,10,14-15H,7H2,1-2H3/b13-11-. The number of aliphatic hydroxyl groups is 1. The lowest BCUT2D eigenvalue weighted by Gasteiger charge is -2.35. The van der Waals surface area contributed by atoms with Gasteiger partial charge in [-0.05, 0) is 17.4 Å². The summed E-state index contributed by atoms with van der Waals surface area (Å²) in [5, 5.41) is 22.0. The number of hydrogen-bond donors (Lipinski definition) is 2. The molecule has 1 aromatic carbocycles. The van der Waals surface area contributed by atoms with E-state index in [2.05, 4.69) is 19.0 Å². The summed E-state index contributed by atoms with van der Waals surface area (Å²) >= 11 is 0. The van der Waals surface area contributed by atoms with E-state index in [1.165, 1.54) is 0 Å². The quantitative estimate of drug-likeness (QED) is 0.502. The Kier molecular flexibility index (Phi) is 2.27. The van der Waals surface area contributed by atoms with E-state index < -0.39 is 6.10 Å². The van der Waals surface area contributed by atoms with Crippen molar-refractivity contribution in [2.24, 2.45) is 5.16 Å². The van der Waals surface area contributed by atoms with Crippen LogP contribution in [0.25, 0.3) is 0 Å². The maximum atomic E-state index is 9.86. The van der Waals surface area contributed by atoms with E-state index >= 15 is 0 Å². The van der Waals surface area contributed by atoms with Crippen LogP contribution < -0.4 is 0 Å². The van der Waals surface area contributed by atoms with Gasteiger partial charge in [0.25, 0.3) is 0 Å². The Hall–Kier alpha value is -1.35. The van der Waals surface area contributed by atoms with Crippen LogP contribution in [0, 0.1) is 0 Å². The first kappa shape index (κ1) is 10.2. The predicted octanol–water partition coefficient (Wildman–Crippen LogP) is 1.91. The Morgan fingerprint density at radius 2 is 2.00 bits per heavy atom. The summed E-state index contributed by atoms with van der Waals surface area (Å²) in [4.78, 5) is 0. The van der Waals surface area contributed by atoms with Gasteiger partial charge in [0, 0.05) is 5.56 Å². The molecule has 80 valence electrons. The van der Waals surface area contributed by atoms with Crippen molar-refractivity contribution in [1.82, 2.24) is 0 Å². The highest BCUT2D eigenvalue weighted by Crippen LogP contribution is 2.36. The van der Waals surface area contributed by atoms with Crippen molar-refractivity contribution in [3.8, 4) is 0 Å². The summed E-state index contributed by atoms with van der Waals surface area (Å²) in [6.07, 6.45) is -0.0939. The van der Waals surface area contributed by atoms with Crippen LogP contribution in [0.2, 0.25) is 0 Å². The number of benzene rings is 1. The van der Waals surface area contributed by atoms with E-state index in [0.717, 1.165) is 11.1 Å². The van der Waals surface area contributed by atoms with Crippen LogP contribution in [0.4, 0.5) is 0 Å². The number of rotatable bonds is 0. The molecule has 1 unspecified atom stereocenters. The van der Waals surface area contributed by atoms with Crippen molar-refractivity contribution in [2.75, 3.05) is 0 Å². The van der Waals surface area contributed by atoms with Gasteiger partial charge in [-0.2, -0.15) is 0 Å². The van der Waals surface area contributed by atoms with E-state index in [-0.39, 0.29) is 5.41 Å². The van der Waals surface area contributed by atoms with Gasteiger partial charge in [-0.25, -0.2) is 0 Å². The normalized spacial score (nSPS) is 26.3. The lowest BCUT2D eigenvalue weighted by Crippen LogP contribution is -2.38. The lowest BCUT2D eigenvalue weighted by molar-refractivity contribution is 0.187. The summed E-state index contributed by atoms with van der Waals surface area (Å²) in [5.41, 5.74) is 2.28. The van der Waals surface area contributed by atoms with Gasteiger partial charge in [-0.3, -0.25) is 0 Å². The fourth-order valence-electron chi connectivity index (χ4n) is 2.29. The van der Waals surface area contributed by atoms with E-state index in [9.17, 15) is 5.11 Å². The molecule has 0 bridgehead atoms. The summed E-state index contributed by atoms with van der Waals surface area (Å²) in [6, 6.07) is 7.76. The van der Waals surface area contributed by atoms with Gasteiger partial charge in [0.2, 0.25) is 0 Å². The molecule has 0 fully saturated rings. The van der Waals surface area contributed by atoms with Crippen LogP contribution >= 0.6 is 0 Å². The molecule has 3 nitrogen and oxygen atoms in total. The summed E-state index contributed by atoms with van der Waals surface area (Å²) in [5.74, 6) is 0. The van der Waals surface area contributed by atoms with Gasteiger partial charge >= 0.3 is 0 Å². The molecule has 1 aromatic rings.